The first-order valence-electron chi connectivity index (χ1n) is 12.9. The quantitative estimate of drug-likeness (QED) is 0.360. The van der Waals surface area contributed by atoms with Gasteiger partial charge in [-0.1, -0.05) is 32.4 Å². The number of phenolic OH excluding ortho intramolecular Hbond substituents is 1. The molecule has 2 rings (SSSR count). The number of hydrogen-bond donors (Lipinski definition) is 3. The molecule has 0 aromatic heterocycles. The van der Waals surface area contributed by atoms with Gasteiger partial charge in [-0.15, -0.1) is 0 Å². The Hall–Kier alpha value is -3.30. The van der Waals surface area contributed by atoms with E-state index in [0.29, 0.717) is 24.8 Å². The van der Waals surface area contributed by atoms with Gasteiger partial charge in [-0.2, -0.15) is 0 Å². The van der Waals surface area contributed by atoms with Crippen molar-refractivity contribution in [2.75, 3.05) is 13.2 Å². The molecule has 1 aromatic carbocycles. The third kappa shape index (κ3) is 9.26. The molecule has 10 heteroatoms. The number of nitrogens with zero attached hydrogens (tertiary/aromatic N) is 1. The molecule has 3 N–H and O–H groups in total. The fraction of sp³-hybridized carbons (Fsp3) is 0.630. The summed E-state index contributed by atoms with van der Waals surface area (Å²) in [7, 11) is 0. The van der Waals surface area contributed by atoms with E-state index in [1.807, 2.05) is 13.8 Å². The van der Waals surface area contributed by atoms with Crippen LogP contribution in [0.3, 0.4) is 0 Å². The third-order valence-corrected chi connectivity index (χ3v) is 5.99. The number of esters is 1. The maximum Gasteiger partial charge on any atom is 0.408 e. The van der Waals surface area contributed by atoms with E-state index in [2.05, 4.69) is 10.6 Å². The van der Waals surface area contributed by atoms with E-state index in [0.717, 1.165) is 0 Å². The lowest BCUT2D eigenvalue weighted by Gasteiger charge is -2.36. The van der Waals surface area contributed by atoms with Crippen LogP contribution in [0.25, 0.3) is 0 Å². The highest BCUT2D eigenvalue weighted by Crippen LogP contribution is 2.37. The topological polar surface area (TPSA) is 134 Å². The smallest absolute Gasteiger partial charge is 0.408 e. The molecule has 3 unspecified atom stereocenters. The number of rotatable bonds is 12. The number of phenols is 1. The van der Waals surface area contributed by atoms with Crippen LogP contribution in [-0.2, 0) is 23.9 Å². The fourth-order valence-corrected chi connectivity index (χ4v) is 3.90. The largest absolute Gasteiger partial charge is 0.508 e. The summed E-state index contributed by atoms with van der Waals surface area (Å²) in [6, 6.07) is 3.99. The molecule has 0 radical (unpaired) electrons. The molecule has 0 bridgehead atoms. The Morgan fingerprint density at radius 2 is 1.84 bits per heavy atom. The summed E-state index contributed by atoms with van der Waals surface area (Å²) in [5.74, 6) is -1.62. The van der Waals surface area contributed by atoms with Crippen molar-refractivity contribution < 1.29 is 33.8 Å². The normalized spacial score (nSPS) is 15.6. The Morgan fingerprint density at radius 3 is 2.38 bits per heavy atom. The molecule has 1 saturated carbocycles. The molecular weight excluding hydrogens is 478 g/mol. The molecule has 10 nitrogen and oxygen atoms in total. The highest BCUT2D eigenvalue weighted by Gasteiger charge is 2.45. The number of aromatic hydroxyl groups is 1. The van der Waals surface area contributed by atoms with Gasteiger partial charge in [0.2, 0.25) is 11.8 Å². The molecule has 0 aliphatic heterocycles. The zero-order valence-corrected chi connectivity index (χ0v) is 22.7. The summed E-state index contributed by atoms with van der Waals surface area (Å²) in [6.45, 7) is 11.0. The maximum atomic E-state index is 14.0. The van der Waals surface area contributed by atoms with E-state index in [9.17, 15) is 24.3 Å². The van der Waals surface area contributed by atoms with Gasteiger partial charge >= 0.3 is 12.1 Å². The molecule has 1 aliphatic rings. The van der Waals surface area contributed by atoms with Crippen molar-refractivity contribution in [3.05, 3.63) is 29.8 Å². The van der Waals surface area contributed by atoms with Crippen LogP contribution in [0.5, 0.6) is 5.75 Å². The SMILES string of the molecule is CCOC(=O)CCNC(=O)C(c1cccc(O)c1)N(C(=O)C(NC(=O)OC(C)(C)C)C(C)CC)C1CC1. The summed E-state index contributed by atoms with van der Waals surface area (Å²) in [5, 5.41) is 15.6. The van der Waals surface area contributed by atoms with Crippen molar-refractivity contribution in [1.29, 1.82) is 0 Å². The molecule has 1 fully saturated rings. The van der Waals surface area contributed by atoms with Crippen LogP contribution in [0, 0.1) is 5.92 Å². The molecule has 3 atom stereocenters. The van der Waals surface area contributed by atoms with Gasteiger partial charge in [-0.25, -0.2) is 4.79 Å². The molecule has 1 aromatic rings. The van der Waals surface area contributed by atoms with E-state index >= 15 is 0 Å². The number of alkyl carbamates (subject to hydrolysis) is 1. The van der Waals surface area contributed by atoms with Crippen molar-refractivity contribution in [3.8, 4) is 5.75 Å². The lowest BCUT2D eigenvalue weighted by atomic mass is 9.95. The van der Waals surface area contributed by atoms with Crippen molar-refractivity contribution >= 4 is 23.9 Å². The molecule has 0 spiro atoms. The predicted octanol–water partition coefficient (Wildman–Crippen LogP) is 3.43. The number of carbonyl (C=O) groups excluding carboxylic acids is 4. The number of amides is 3. The van der Waals surface area contributed by atoms with Gasteiger partial charge in [0.15, 0.2) is 0 Å². The number of carbonyl (C=O) groups is 4. The fourth-order valence-electron chi connectivity index (χ4n) is 3.90. The number of hydrogen-bond acceptors (Lipinski definition) is 7. The van der Waals surface area contributed by atoms with Crippen LogP contribution in [0.15, 0.2) is 24.3 Å². The average molecular weight is 520 g/mol. The first kappa shape index (κ1) is 29.9. The van der Waals surface area contributed by atoms with Gasteiger partial charge in [0.05, 0.1) is 13.0 Å². The van der Waals surface area contributed by atoms with E-state index in [4.69, 9.17) is 9.47 Å². The predicted molar refractivity (Wildman–Crippen MR) is 138 cm³/mol. The lowest BCUT2D eigenvalue weighted by molar-refractivity contribution is -0.145. The van der Waals surface area contributed by atoms with Crippen LogP contribution >= 0.6 is 0 Å². The van der Waals surface area contributed by atoms with Crippen molar-refractivity contribution in [2.24, 2.45) is 5.92 Å². The molecule has 0 heterocycles. The molecule has 37 heavy (non-hydrogen) atoms. The molecule has 3 amide bonds. The Labute approximate surface area is 219 Å². The first-order chi connectivity index (χ1) is 17.4. The second-order valence-corrected chi connectivity index (χ2v) is 10.3. The first-order valence-corrected chi connectivity index (χ1v) is 12.9. The van der Waals surface area contributed by atoms with Gasteiger partial charge < -0.3 is 30.1 Å². The van der Waals surface area contributed by atoms with Crippen molar-refractivity contribution in [1.82, 2.24) is 15.5 Å². The molecular formula is C27H41N3O7. The Morgan fingerprint density at radius 1 is 1.16 bits per heavy atom. The van der Waals surface area contributed by atoms with Crippen LogP contribution in [0.1, 0.15) is 78.8 Å². The van der Waals surface area contributed by atoms with Gasteiger partial charge in [-0.3, -0.25) is 14.4 Å². The Balaban J connectivity index is 2.38. The lowest BCUT2D eigenvalue weighted by Crippen LogP contribution is -2.56. The summed E-state index contributed by atoms with van der Waals surface area (Å²) in [6.07, 6.45) is 1.29. The zero-order valence-electron chi connectivity index (χ0n) is 22.7. The molecule has 1 aliphatic carbocycles. The summed E-state index contributed by atoms with van der Waals surface area (Å²) >= 11 is 0. The van der Waals surface area contributed by atoms with Gasteiger partial charge in [0, 0.05) is 12.6 Å². The maximum absolute atomic E-state index is 14.0. The summed E-state index contributed by atoms with van der Waals surface area (Å²) < 4.78 is 10.3. The minimum absolute atomic E-state index is 0.0145. The van der Waals surface area contributed by atoms with E-state index in [1.165, 1.54) is 17.0 Å². The summed E-state index contributed by atoms with van der Waals surface area (Å²) in [4.78, 5) is 53.4. The minimum atomic E-state index is -1.07. The van der Waals surface area contributed by atoms with Crippen LogP contribution in [-0.4, -0.2) is 64.7 Å². The standard InChI is InChI=1S/C27H41N3O7/c1-7-17(3)22(29-26(35)37-27(4,5)6)25(34)30(19-12-13-19)23(18-10-9-11-20(31)16-18)24(33)28-15-14-21(32)36-8-2/h9-11,16-17,19,22-23,31H,7-8,12-15H2,1-6H3,(H,28,33)(H,29,35). The molecule has 0 saturated heterocycles. The second-order valence-electron chi connectivity index (χ2n) is 10.3. The van der Waals surface area contributed by atoms with Crippen LogP contribution in [0.2, 0.25) is 0 Å². The van der Waals surface area contributed by atoms with Gasteiger partial charge in [0.25, 0.3) is 0 Å². The zero-order chi connectivity index (χ0) is 27.8. The highest BCUT2D eigenvalue weighted by atomic mass is 16.6. The van der Waals surface area contributed by atoms with Gasteiger partial charge in [-0.05, 0) is 64.2 Å². The van der Waals surface area contributed by atoms with Crippen LogP contribution < -0.4 is 10.6 Å². The Kier molecular flexibility index (Phi) is 10.8. The van der Waals surface area contributed by atoms with Crippen molar-refractivity contribution in [2.45, 2.75) is 91.0 Å². The van der Waals surface area contributed by atoms with Gasteiger partial charge in [0.1, 0.15) is 23.4 Å². The second kappa shape index (κ2) is 13.3. The number of nitrogens with one attached hydrogen (secondary N) is 2. The van der Waals surface area contributed by atoms with E-state index in [1.54, 1.807) is 39.8 Å². The number of ether oxygens (including phenoxy) is 2. The Bertz CT molecular complexity index is 956. The highest BCUT2D eigenvalue weighted by molar-refractivity contribution is 5.93. The minimum Gasteiger partial charge on any atom is -0.508 e. The summed E-state index contributed by atoms with van der Waals surface area (Å²) in [5.41, 5.74) is -0.319. The number of benzene rings is 1. The molecule has 206 valence electrons. The third-order valence-electron chi connectivity index (χ3n) is 5.99. The van der Waals surface area contributed by atoms with Crippen molar-refractivity contribution in [3.63, 3.8) is 0 Å². The van der Waals surface area contributed by atoms with Crippen LogP contribution in [0.4, 0.5) is 4.79 Å². The monoisotopic (exact) mass is 519 g/mol. The van der Waals surface area contributed by atoms with E-state index < -0.39 is 41.6 Å². The van der Waals surface area contributed by atoms with E-state index in [-0.39, 0.29) is 37.3 Å². The average Bonchev–Trinajstić information content (AvgIpc) is 3.64.